The highest BCUT2D eigenvalue weighted by Gasteiger charge is 2.24. The smallest absolute Gasteiger partial charge is 0.290 e. The molecular formula is C59H50N6O4S. The Kier molecular flexibility index (Phi) is 11.6. The molecule has 10 nitrogen and oxygen atoms in total. The molecule has 11 heteroatoms. The number of benzene rings is 5. The van der Waals surface area contributed by atoms with Gasteiger partial charge in [-0.3, -0.25) is 20.2 Å². The molecule has 2 aliphatic rings. The van der Waals surface area contributed by atoms with Crippen molar-refractivity contribution in [2.24, 2.45) is 0 Å². The first-order valence-corrected chi connectivity index (χ1v) is 24.0. The number of nitrogens with one attached hydrogen (secondary N) is 2. The molecule has 0 saturated heterocycles. The van der Waals surface area contributed by atoms with Gasteiger partial charge in [0.25, 0.3) is 11.4 Å². The number of H-pyrrole nitrogens is 2. The summed E-state index contributed by atoms with van der Waals surface area (Å²) >= 11 is 1.18. The van der Waals surface area contributed by atoms with Gasteiger partial charge in [-0.2, -0.15) is 0 Å². The molecule has 0 saturated carbocycles. The Balaban J connectivity index is 1.31. The molecule has 8 bridgehead atoms. The van der Waals surface area contributed by atoms with Crippen LogP contribution >= 0.6 is 11.8 Å². The zero-order valence-electron chi connectivity index (χ0n) is 40.5. The summed E-state index contributed by atoms with van der Waals surface area (Å²) in [6, 6.07) is 33.5. The SMILES string of the molecule is Cc1cc(C)c(-c2c3nc(c(-c4c(C)cc(C)cc4C)c4ccc([nH]4)c(-c4c(C)cc(C)cc4C)c4nc(c(-c5ccc(Sc6ccc([N+](=O)[O-])cc6[N+](=O)[O-])cc5)c5ccc2[nH]5)C=C4)C=C3)c(C)c1. The van der Waals surface area contributed by atoms with Gasteiger partial charge in [0, 0.05) is 55.3 Å². The Morgan fingerprint density at radius 2 is 0.771 bits per heavy atom. The number of aryl methyl sites for hydroxylation is 9. The monoisotopic (exact) mass is 938 g/mol. The maximum atomic E-state index is 12.1. The number of non-ortho nitro benzene ring substituents is 1. The molecule has 0 aliphatic carbocycles. The molecule has 0 fully saturated rings. The number of fused-ring (bicyclic) bond motifs is 8. The highest BCUT2D eigenvalue weighted by molar-refractivity contribution is 7.99. The third-order valence-electron chi connectivity index (χ3n) is 13.3. The summed E-state index contributed by atoms with van der Waals surface area (Å²) in [5, 5.41) is 23.5. The Bertz CT molecular complexity index is 3680. The number of aromatic amines is 2. The number of hydrogen-bond acceptors (Lipinski definition) is 7. The molecule has 0 radical (unpaired) electrons. The van der Waals surface area contributed by atoms with Crippen LogP contribution in [0.15, 0.2) is 113 Å². The molecule has 10 rings (SSSR count). The van der Waals surface area contributed by atoms with Crippen molar-refractivity contribution < 1.29 is 9.85 Å². The quantitative estimate of drug-likeness (QED) is 0.114. The van der Waals surface area contributed by atoms with Crippen molar-refractivity contribution in [3.05, 3.63) is 196 Å². The van der Waals surface area contributed by atoms with Crippen molar-refractivity contribution >= 4 is 69.5 Å². The first-order valence-electron chi connectivity index (χ1n) is 23.1. The van der Waals surface area contributed by atoms with E-state index in [2.05, 4.69) is 157 Å². The first-order chi connectivity index (χ1) is 33.5. The van der Waals surface area contributed by atoms with Crippen LogP contribution in [0.5, 0.6) is 0 Å². The third-order valence-corrected chi connectivity index (χ3v) is 14.3. The van der Waals surface area contributed by atoms with Gasteiger partial charge in [-0.05, 0) is 185 Å². The van der Waals surface area contributed by atoms with Gasteiger partial charge in [-0.25, -0.2) is 9.97 Å². The van der Waals surface area contributed by atoms with E-state index in [1.807, 2.05) is 24.3 Å². The molecule has 5 aromatic carbocycles. The summed E-state index contributed by atoms with van der Waals surface area (Å²) in [5.74, 6) is 0. The summed E-state index contributed by atoms with van der Waals surface area (Å²) in [6.45, 7) is 19.4. The fraction of sp³-hybridized carbons (Fsp3) is 0.153. The lowest BCUT2D eigenvalue weighted by Crippen LogP contribution is -1.96. The minimum absolute atomic E-state index is 0.303. The molecule has 2 N–H and O–H groups in total. The van der Waals surface area contributed by atoms with Crippen LogP contribution in [0.2, 0.25) is 0 Å². The zero-order valence-corrected chi connectivity index (χ0v) is 41.3. The van der Waals surface area contributed by atoms with E-state index in [4.69, 9.17) is 9.97 Å². The van der Waals surface area contributed by atoms with Crippen LogP contribution in [0.3, 0.4) is 0 Å². The summed E-state index contributed by atoms with van der Waals surface area (Å²) < 4.78 is 0. The largest absolute Gasteiger partial charge is 0.354 e. The lowest BCUT2D eigenvalue weighted by Gasteiger charge is -2.14. The standard InChI is InChI=1S/C59H50N6O4S/c1-31-24-34(4)53(35(5)25-31)57-45-17-15-43(60-45)56(40-10-13-42(14-11-40)70-52-23-12-41(64(66)67)30-51(52)65(68)69)44-16-18-46(61-44)58(54-36(6)26-32(2)27-37(54)7)48-20-22-50(63-48)59(49-21-19-47(57)62-49)55-38(8)28-33(3)29-39(55)9/h10-30,60,63H,1-9H3. The van der Waals surface area contributed by atoms with Crippen molar-refractivity contribution in [2.75, 3.05) is 0 Å². The minimum atomic E-state index is -0.628. The molecule has 0 unspecified atom stereocenters. The van der Waals surface area contributed by atoms with E-state index in [1.54, 1.807) is 0 Å². The van der Waals surface area contributed by atoms with Crippen molar-refractivity contribution in [1.82, 2.24) is 19.9 Å². The lowest BCUT2D eigenvalue weighted by atomic mass is 9.92. The van der Waals surface area contributed by atoms with Crippen molar-refractivity contribution in [3.8, 4) is 44.5 Å². The van der Waals surface area contributed by atoms with Crippen molar-refractivity contribution in [2.45, 2.75) is 72.1 Å². The predicted molar refractivity (Wildman–Crippen MR) is 287 cm³/mol. The average Bonchev–Trinajstić information content (AvgIpc) is 4.14. The topological polar surface area (TPSA) is 144 Å². The van der Waals surface area contributed by atoms with Gasteiger partial charge in [-0.1, -0.05) is 77.0 Å². The van der Waals surface area contributed by atoms with Crippen molar-refractivity contribution in [1.29, 1.82) is 0 Å². The minimum Gasteiger partial charge on any atom is -0.354 e. The Morgan fingerprint density at radius 1 is 0.414 bits per heavy atom. The van der Waals surface area contributed by atoms with Crippen LogP contribution in [0.4, 0.5) is 11.4 Å². The summed E-state index contributed by atoms with van der Waals surface area (Å²) in [7, 11) is 0. The van der Waals surface area contributed by atoms with Gasteiger partial charge in [0.2, 0.25) is 0 Å². The fourth-order valence-electron chi connectivity index (χ4n) is 10.7. The Labute approximate surface area is 410 Å². The van der Waals surface area contributed by atoms with Gasteiger partial charge in [0.15, 0.2) is 0 Å². The van der Waals surface area contributed by atoms with E-state index in [-0.39, 0.29) is 11.4 Å². The number of nitro benzene ring substituents is 2. The van der Waals surface area contributed by atoms with Crippen LogP contribution in [-0.4, -0.2) is 29.8 Å². The van der Waals surface area contributed by atoms with Gasteiger partial charge < -0.3 is 9.97 Å². The van der Waals surface area contributed by atoms with Gasteiger partial charge >= 0.3 is 0 Å². The molecule has 5 heterocycles. The van der Waals surface area contributed by atoms with E-state index in [0.717, 1.165) is 123 Å². The molecular weight excluding hydrogens is 889 g/mol. The van der Waals surface area contributed by atoms with E-state index in [9.17, 15) is 20.2 Å². The second kappa shape index (κ2) is 17.7. The zero-order chi connectivity index (χ0) is 49.3. The van der Waals surface area contributed by atoms with Crippen LogP contribution in [-0.2, 0) is 0 Å². The highest BCUT2D eigenvalue weighted by Crippen LogP contribution is 2.43. The fourth-order valence-corrected chi connectivity index (χ4v) is 11.6. The number of aromatic nitrogens is 4. The average molecular weight is 939 g/mol. The maximum absolute atomic E-state index is 12.1. The Hall–Kier alpha value is -8.15. The van der Waals surface area contributed by atoms with Crippen LogP contribution in [0.25, 0.3) is 90.9 Å². The van der Waals surface area contributed by atoms with Gasteiger partial charge in [-0.15, -0.1) is 0 Å². The van der Waals surface area contributed by atoms with E-state index in [1.165, 1.54) is 51.7 Å². The molecule has 2 aliphatic heterocycles. The Morgan fingerprint density at radius 3 is 1.13 bits per heavy atom. The molecule has 0 amide bonds. The van der Waals surface area contributed by atoms with Crippen molar-refractivity contribution in [3.63, 3.8) is 0 Å². The van der Waals surface area contributed by atoms with Crippen LogP contribution in [0.1, 0.15) is 72.8 Å². The number of hydrogen-bond donors (Lipinski definition) is 2. The van der Waals surface area contributed by atoms with Gasteiger partial charge in [0.05, 0.1) is 43.6 Å². The number of rotatable bonds is 8. The summed E-state index contributed by atoms with van der Waals surface area (Å²) in [4.78, 5) is 42.3. The summed E-state index contributed by atoms with van der Waals surface area (Å²) in [6.07, 6.45) is 8.47. The highest BCUT2D eigenvalue weighted by atomic mass is 32.2. The third kappa shape index (κ3) is 8.21. The molecule has 0 atom stereocenters. The predicted octanol–water partition coefficient (Wildman–Crippen LogP) is 16.1. The molecule has 3 aromatic heterocycles. The maximum Gasteiger partial charge on any atom is 0.290 e. The normalized spacial score (nSPS) is 12.0. The van der Waals surface area contributed by atoms with E-state index < -0.39 is 9.85 Å². The molecule has 70 heavy (non-hydrogen) atoms. The van der Waals surface area contributed by atoms with Crippen LogP contribution < -0.4 is 0 Å². The second-order valence-corrected chi connectivity index (χ2v) is 19.7. The lowest BCUT2D eigenvalue weighted by molar-refractivity contribution is -0.396. The molecule has 8 aromatic rings. The van der Waals surface area contributed by atoms with Gasteiger partial charge in [0.1, 0.15) is 0 Å². The molecule has 0 spiro atoms. The molecule has 346 valence electrons. The van der Waals surface area contributed by atoms with E-state index in [0.29, 0.717) is 4.90 Å². The number of nitro groups is 2. The first kappa shape index (κ1) is 45.6. The van der Waals surface area contributed by atoms with E-state index >= 15 is 0 Å². The number of nitrogens with zero attached hydrogens (tertiary/aromatic N) is 4. The summed E-state index contributed by atoms with van der Waals surface area (Å²) in [5.41, 5.74) is 24.8. The van der Waals surface area contributed by atoms with Crippen LogP contribution in [0, 0.1) is 82.5 Å². The second-order valence-electron chi connectivity index (χ2n) is 18.6.